The Morgan fingerprint density at radius 3 is 3.58 bits per heavy atom. The molecule has 2 aromatic heterocycles. The molecule has 3 rings (SSSR count). The number of hydrogen-bond acceptors (Lipinski definition) is 7. The molecule has 0 aromatic carbocycles. The minimum Gasteiger partial charge on any atom is -0.394 e. The molecule has 9 nitrogen and oxygen atoms in total. The minimum atomic E-state index is -3.54. The van der Waals surface area contributed by atoms with Gasteiger partial charge in [-0.3, -0.25) is 14.3 Å². The van der Waals surface area contributed by atoms with Gasteiger partial charge in [-0.05, 0) is 0 Å². The SMILES string of the molecule is [2H]OC([2H])([2H])[C@@]1([2H])O[C@@]([2H])(n2cnc3c(=O)[nH]c(N)nc32)C([2H])([2H])[C@]1([2H])O[2H]. The lowest BCUT2D eigenvalue weighted by molar-refractivity contribution is -0.0432. The molecule has 5 N–H and O–H groups in total. The summed E-state index contributed by atoms with van der Waals surface area (Å²) in [6.45, 7) is -3.52. The number of nitrogen functional groups attached to an aromatic ring is 1. The second-order valence-corrected chi connectivity index (χ2v) is 3.53. The quantitative estimate of drug-likeness (QED) is 0.524. The van der Waals surface area contributed by atoms with E-state index in [0.717, 1.165) is 6.33 Å². The van der Waals surface area contributed by atoms with Crippen LogP contribution in [0.3, 0.4) is 0 Å². The lowest BCUT2D eigenvalue weighted by Gasteiger charge is -2.13. The van der Waals surface area contributed by atoms with E-state index in [4.69, 9.17) is 22.9 Å². The Bertz CT molecular complexity index is 999. The van der Waals surface area contributed by atoms with E-state index in [-0.39, 0.29) is 5.52 Å². The first-order valence-corrected chi connectivity index (χ1v) is 4.94. The van der Waals surface area contributed by atoms with Gasteiger partial charge in [0.05, 0.1) is 25.8 Å². The molecule has 0 aliphatic carbocycles. The van der Waals surface area contributed by atoms with E-state index < -0.39 is 48.5 Å². The maximum atomic E-state index is 11.9. The van der Waals surface area contributed by atoms with E-state index >= 15 is 0 Å². The van der Waals surface area contributed by atoms with Crippen molar-refractivity contribution in [3.05, 3.63) is 16.7 Å². The van der Waals surface area contributed by atoms with E-state index in [1.165, 1.54) is 0 Å². The summed E-state index contributed by atoms with van der Waals surface area (Å²) >= 11 is 0. The molecule has 102 valence electrons. The van der Waals surface area contributed by atoms with Crippen LogP contribution in [0.5, 0.6) is 0 Å². The van der Waals surface area contributed by atoms with Crippen molar-refractivity contribution in [2.75, 3.05) is 12.3 Å². The number of nitrogens with zero attached hydrogens (tertiary/aromatic N) is 3. The molecule has 1 fully saturated rings. The third-order valence-corrected chi connectivity index (χ3v) is 2.36. The topological polar surface area (TPSA) is 139 Å². The van der Waals surface area contributed by atoms with Crippen molar-refractivity contribution in [1.82, 2.24) is 19.5 Å². The number of H-pyrrole nitrogens is 1. The number of rotatable bonds is 4. The largest absolute Gasteiger partial charge is 0.394 e. The van der Waals surface area contributed by atoms with Crippen molar-refractivity contribution in [2.24, 2.45) is 0 Å². The summed E-state index contributed by atoms with van der Waals surface area (Å²) < 4.78 is 75.8. The Morgan fingerprint density at radius 1 is 1.89 bits per heavy atom. The molecule has 0 amide bonds. The van der Waals surface area contributed by atoms with Gasteiger partial charge in [0.15, 0.2) is 11.2 Å². The number of hydrogen-bond donors (Lipinski definition) is 4. The van der Waals surface area contributed by atoms with Gasteiger partial charge in [0.1, 0.15) is 12.3 Å². The maximum Gasteiger partial charge on any atom is 0.280 e. The highest BCUT2D eigenvalue weighted by molar-refractivity contribution is 5.70. The third kappa shape index (κ3) is 1.87. The standard InChI is InChI=1S/C10H13N5O4/c11-10-13-8-7(9(18)14-10)12-3-15(8)6-1-4(17)5(2-16)19-6/h3-6,16-17H,1-2H2,(H3,11,13,14,18)/t4-,5+,6+/m0/s1/i1D2,2D2,4D,5D,6D,16D,17D. The van der Waals surface area contributed by atoms with Crippen LogP contribution in [0.1, 0.15) is 22.2 Å². The Hall–Kier alpha value is -1.97. The predicted octanol–water partition coefficient (Wildman–Crippen LogP) is -1.66. The lowest BCUT2D eigenvalue weighted by atomic mass is 10.2. The average molecular weight is 276 g/mol. The number of ether oxygens (including phenoxy) is 1. The van der Waals surface area contributed by atoms with Crippen molar-refractivity contribution in [2.45, 2.75) is 24.7 Å². The molecule has 9 heteroatoms. The van der Waals surface area contributed by atoms with Gasteiger partial charge in [0.25, 0.3) is 5.56 Å². The van der Waals surface area contributed by atoms with Crippen LogP contribution in [0.15, 0.2) is 11.1 Å². The van der Waals surface area contributed by atoms with Gasteiger partial charge in [0.2, 0.25) is 8.81 Å². The molecule has 0 bridgehead atoms. The first kappa shape index (κ1) is 5.57. The number of anilines is 1. The van der Waals surface area contributed by atoms with Gasteiger partial charge >= 0.3 is 0 Å². The average Bonchev–Trinajstić information content (AvgIpc) is 3.08. The fraction of sp³-hybridized carbons (Fsp3) is 0.500. The van der Waals surface area contributed by atoms with Crippen LogP contribution in [0.2, 0.25) is 0 Å². The Kier molecular flexibility index (Phi) is 1.26. The number of nitrogens with two attached hydrogens (primary N) is 1. The zero-order valence-electron chi connectivity index (χ0n) is 18.1. The van der Waals surface area contributed by atoms with E-state index in [1.807, 2.05) is 0 Å². The summed E-state index contributed by atoms with van der Waals surface area (Å²) in [4.78, 5) is 21.5. The normalized spacial score (nSPS) is 48.9. The van der Waals surface area contributed by atoms with Crippen LogP contribution in [-0.4, -0.2) is 51.3 Å². The van der Waals surface area contributed by atoms with Crippen LogP contribution in [0, 0.1) is 0 Å². The van der Waals surface area contributed by atoms with E-state index in [9.17, 15) is 4.79 Å². The van der Waals surface area contributed by atoms with Crippen molar-refractivity contribution in [1.29, 1.82) is 2.86 Å². The zero-order valence-corrected chi connectivity index (χ0v) is 9.13. The highest BCUT2D eigenvalue weighted by Crippen LogP contribution is 2.30. The van der Waals surface area contributed by atoms with E-state index in [1.54, 1.807) is 0 Å². The molecular weight excluding hydrogens is 254 g/mol. The van der Waals surface area contributed by atoms with E-state index in [0.29, 0.717) is 4.57 Å². The minimum absolute atomic E-state index is 0.384. The smallest absolute Gasteiger partial charge is 0.280 e. The fourth-order valence-corrected chi connectivity index (χ4v) is 1.57. The number of fused-ring (bicyclic) bond motifs is 1. The van der Waals surface area contributed by atoms with Crippen LogP contribution < -0.4 is 11.3 Å². The summed E-state index contributed by atoms with van der Waals surface area (Å²) in [6, 6.07) is 0. The van der Waals surface area contributed by atoms with Gasteiger partial charge in [-0.2, -0.15) is 4.98 Å². The third-order valence-electron chi connectivity index (χ3n) is 2.36. The molecule has 1 aliphatic rings. The number of nitrogens with one attached hydrogen (secondary N) is 1. The molecular formula is C10H13N5O4. The van der Waals surface area contributed by atoms with Gasteiger partial charge < -0.3 is 20.7 Å². The molecule has 0 spiro atoms. The van der Waals surface area contributed by atoms with Crippen LogP contribution in [-0.2, 0) is 4.74 Å². The molecule has 0 radical (unpaired) electrons. The Balaban J connectivity index is 2.35. The number of aliphatic hydroxyl groups is 2. The van der Waals surface area contributed by atoms with Gasteiger partial charge in [-0.25, -0.2) is 4.98 Å². The van der Waals surface area contributed by atoms with Crippen molar-refractivity contribution in [3.8, 4) is 0 Å². The second kappa shape index (κ2) is 4.30. The van der Waals surface area contributed by atoms with E-state index in [2.05, 4.69) is 25.2 Å². The molecule has 1 saturated heterocycles. The van der Waals surface area contributed by atoms with Crippen LogP contribution in [0.25, 0.3) is 11.2 Å². The van der Waals surface area contributed by atoms with Crippen molar-refractivity contribution < 1.29 is 24.5 Å². The molecule has 2 aromatic rings. The number of aromatic nitrogens is 4. The summed E-state index contributed by atoms with van der Waals surface area (Å²) in [6.07, 6.45) is -13.0. The van der Waals surface area contributed by atoms with Crippen LogP contribution in [0.4, 0.5) is 5.95 Å². The Labute approximate surface area is 119 Å². The number of aromatic amines is 1. The maximum absolute atomic E-state index is 11.9. The van der Waals surface area contributed by atoms with Gasteiger partial charge in [-0.1, -0.05) is 0 Å². The lowest BCUT2D eigenvalue weighted by Crippen LogP contribution is -2.24. The molecule has 3 atom stereocenters. The fourth-order valence-electron chi connectivity index (χ4n) is 1.57. The van der Waals surface area contributed by atoms with Crippen LogP contribution >= 0.6 is 0 Å². The summed E-state index contributed by atoms with van der Waals surface area (Å²) in [5.74, 6) is -0.419. The van der Waals surface area contributed by atoms with Crippen molar-refractivity contribution >= 4 is 17.1 Å². The number of imidazole rings is 1. The molecule has 3 heterocycles. The summed E-state index contributed by atoms with van der Waals surface area (Å²) in [5, 5.41) is 7.80. The molecule has 1 aliphatic heterocycles. The summed E-state index contributed by atoms with van der Waals surface area (Å²) in [5.41, 5.74) is 3.76. The first-order valence-electron chi connectivity index (χ1n) is 9.26. The predicted molar refractivity (Wildman–Crippen MR) is 64.2 cm³/mol. The Morgan fingerprint density at radius 2 is 2.79 bits per heavy atom. The highest BCUT2D eigenvalue weighted by Gasteiger charge is 2.35. The molecule has 0 saturated carbocycles. The molecule has 19 heavy (non-hydrogen) atoms. The van der Waals surface area contributed by atoms with Crippen molar-refractivity contribution in [3.63, 3.8) is 0 Å². The molecule has 0 unspecified atom stereocenters. The van der Waals surface area contributed by atoms with Gasteiger partial charge in [-0.15, -0.1) is 0 Å². The second-order valence-electron chi connectivity index (χ2n) is 3.53. The monoisotopic (exact) mass is 276 g/mol. The highest BCUT2D eigenvalue weighted by atomic mass is 16.5. The zero-order chi connectivity index (χ0) is 21.3. The van der Waals surface area contributed by atoms with Gasteiger partial charge in [0, 0.05) is 9.11 Å². The first-order chi connectivity index (χ1) is 12.7. The summed E-state index contributed by atoms with van der Waals surface area (Å²) in [7, 11) is 0.